The van der Waals surface area contributed by atoms with Crippen LogP contribution in [0, 0.1) is 0 Å². The van der Waals surface area contributed by atoms with Crippen molar-refractivity contribution in [2.45, 2.75) is 18.9 Å². The minimum Gasteiger partial charge on any atom is -0.326 e. The van der Waals surface area contributed by atoms with Gasteiger partial charge in [-0.1, -0.05) is 36.4 Å². The van der Waals surface area contributed by atoms with Gasteiger partial charge in [-0.05, 0) is 44.3 Å². The Kier molecular flexibility index (Phi) is 6.79. The molecule has 0 aliphatic carbocycles. The lowest BCUT2D eigenvalue weighted by atomic mass is 10.1. The minimum absolute atomic E-state index is 0.0350. The summed E-state index contributed by atoms with van der Waals surface area (Å²) in [6.07, 6.45) is 1.41. The van der Waals surface area contributed by atoms with Gasteiger partial charge in [0.1, 0.15) is 0 Å². The molecule has 6 nitrogen and oxygen atoms in total. The maximum absolute atomic E-state index is 12.4. The summed E-state index contributed by atoms with van der Waals surface area (Å²) in [6.45, 7) is 2.23. The third-order valence-corrected chi connectivity index (χ3v) is 4.98. The van der Waals surface area contributed by atoms with E-state index in [1.165, 1.54) is 0 Å². The topological polar surface area (TPSA) is 64.7 Å². The van der Waals surface area contributed by atoms with Crippen LogP contribution in [-0.2, 0) is 16.0 Å². The third-order valence-electron chi connectivity index (χ3n) is 4.98. The van der Waals surface area contributed by atoms with E-state index >= 15 is 0 Å². The lowest BCUT2D eigenvalue weighted by Crippen LogP contribution is -2.35. The third kappa shape index (κ3) is 5.90. The second kappa shape index (κ2) is 9.48. The Morgan fingerprint density at radius 1 is 1.00 bits per heavy atom. The summed E-state index contributed by atoms with van der Waals surface area (Å²) < 4.78 is 0. The van der Waals surface area contributed by atoms with Gasteiger partial charge in [0.25, 0.3) is 0 Å². The average Bonchev–Trinajstić information content (AvgIpc) is 3.11. The zero-order valence-electron chi connectivity index (χ0n) is 16.5. The maximum Gasteiger partial charge on any atom is 0.238 e. The largest absolute Gasteiger partial charge is 0.326 e. The lowest BCUT2D eigenvalue weighted by Gasteiger charge is -2.20. The molecule has 1 atom stereocenters. The van der Waals surface area contributed by atoms with E-state index in [9.17, 15) is 9.59 Å². The molecule has 1 fully saturated rings. The molecule has 0 spiro atoms. The van der Waals surface area contributed by atoms with E-state index in [1.54, 1.807) is 6.07 Å². The van der Waals surface area contributed by atoms with Crippen molar-refractivity contribution in [1.29, 1.82) is 0 Å². The number of nitrogens with zero attached hydrogens (tertiary/aromatic N) is 2. The zero-order valence-corrected chi connectivity index (χ0v) is 16.5. The number of amides is 2. The van der Waals surface area contributed by atoms with Crippen LogP contribution >= 0.6 is 0 Å². The van der Waals surface area contributed by atoms with E-state index in [0.717, 1.165) is 25.1 Å². The molecule has 2 aromatic rings. The summed E-state index contributed by atoms with van der Waals surface area (Å²) in [5, 5.41) is 5.82. The van der Waals surface area contributed by atoms with Crippen molar-refractivity contribution in [2.75, 3.05) is 44.4 Å². The van der Waals surface area contributed by atoms with Crippen molar-refractivity contribution in [3.63, 3.8) is 0 Å². The van der Waals surface area contributed by atoms with Crippen LogP contribution < -0.4 is 10.6 Å². The molecular formula is C22H28N4O2. The van der Waals surface area contributed by atoms with Crippen LogP contribution in [0.3, 0.4) is 0 Å². The quantitative estimate of drug-likeness (QED) is 0.774. The molecule has 1 saturated heterocycles. The molecule has 1 aliphatic heterocycles. The standard InChI is InChI=1S/C22H28N4O2/c1-25(2)20-11-12-26(15-20)16-22(28)24-19-10-6-9-18(14-19)23-21(27)13-17-7-4-3-5-8-17/h3-10,14,20H,11-13,15-16H2,1-2H3,(H,23,27)(H,24,28). The molecule has 2 aromatic carbocycles. The van der Waals surface area contributed by atoms with Gasteiger partial charge in [0.15, 0.2) is 0 Å². The van der Waals surface area contributed by atoms with Gasteiger partial charge in [0, 0.05) is 30.5 Å². The molecule has 1 aliphatic rings. The second-order valence-electron chi connectivity index (χ2n) is 7.48. The predicted molar refractivity (Wildman–Crippen MR) is 112 cm³/mol. The average molecular weight is 380 g/mol. The van der Waals surface area contributed by atoms with E-state index in [0.29, 0.717) is 30.4 Å². The molecular weight excluding hydrogens is 352 g/mol. The number of hydrogen-bond donors (Lipinski definition) is 2. The summed E-state index contributed by atoms with van der Waals surface area (Å²) in [6, 6.07) is 17.4. The zero-order chi connectivity index (χ0) is 19.9. The lowest BCUT2D eigenvalue weighted by molar-refractivity contribution is -0.117. The highest BCUT2D eigenvalue weighted by Crippen LogP contribution is 2.17. The Bertz CT molecular complexity index is 807. The predicted octanol–water partition coefficient (Wildman–Crippen LogP) is 2.44. The molecule has 1 heterocycles. The first-order chi connectivity index (χ1) is 13.5. The number of likely N-dealkylation sites (N-methyl/N-ethyl adjacent to an activating group) is 1. The molecule has 0 aromatic heterocycles. The molecule has 0 radical (unpaired) electrons. The molecule has 28 heavy (non-hydrogen) atoms. The van der Waals surface area contributed by atoms with Crippen LogP contribution in [-0.4, -0.2) is 61.4 Å². The maximum atomic E-state index is 12.4. The molecule has 2 N–H and O–H groups in total. The fourth-order valence-corrected chi connectivity index (χ4v) is 3.44. The number of nitrogens with one attached hydrogen (secondary N) is 2. The second-order valence-corrected chi connectivity index (χ2v) is 7.48. The van der Waals surface area contributed by atoms with Crippen molar-refractivity contribution < 1.29 is 9.59 Å². The first kappa shape index (κ1) is 20.0. The minimum atomic E-state index is -0.0820. The Hall–Kier alpha value is -2.70. The van der Waals surface area contributed by atoms with Crippen molar-refractivity contribution in [3.8, 4) is 0 Å². The van der Waals surface area contributed by atoms with Crippen molar-refractivity contribution in [1.82, 2.24) is 9.80 Å². The normalized spacial score (nSPS) is 16.9. The van der Waals surface area contributed by atoms with Gasteiger partial charge in [0.2, 0.25) is 11.8 Å². The summed E-state index contributed by atoms with van der Waals surface area (Å²) in [5.74, 6) is -0.117. The van der Waals surface area contributed by atoms with Gasteiger partial charge in [-0.15, -0.1) is 0 Å². The monoisotopic (exact) mass is 380 g/mol. The van der Waals surface area contributed by atoms with Crippen molar-refractivity contribution in [3.05, 3.63) is 60.2 Å². The fraction of sp³-hybridized carbons (Fsp3) is 0.364. The van der Waals surface area contributed by atoms with E-state index in [-0.39, 0.29) is 11.8 Å². The van der Waals surface area contributed by atoms with Gasteiger partial charge >= 0.3 is 0 Å². The number of hydrogen-bond acceptors (Lipinski definition) is 4. The van der Waals surface area contributed by atoms with Gasteiger partial charge in [0.05, 0.1) is 13.0 Å². The van der Waals surface area contributed by atoms with Crippen LogP contribution in [0.5, 0.6) is 0 Å². The Morgan fingerprint density at radius 2 is 1.68 bits per heavy atom. The van der Waals surface area contributed by atoms with Gasteiger partial charge in [-0.2, -0.15) is 0 Å². The molecule has 3 rings (SSSR count). The smallest absolute Gasteiger partial charge is 0.238 e. The van der Waals surface area contributed by atoms with E-state index in [1.807, 2.05) is 48.5 Å². The van der Waals surface area contributed by atoms with Crippen LogP contribution in [0.4, 0.5) is 11.4 Å². The molecule has 0 saturated carbocycles. The number of carbonyl (C=O) groups is 2. The first-order valence-electron chi connectivity index (χ1n) is 9.62. The number of carbonyl (C=O) groups excluding carboxylic acids is 2. The van der Waals surface area contributed by atoms with Crippen molar-refractivity contribution in [2.24, 2.45) is 0 Å². The molecule has 6 heteroatoms. The highest BCUT2D eigenvalue weighted by atomic mass is 16.2. The van der Waals surface area contributed by atoms with Gasteiger partial charge < -0.3 is 15.5 Å². The summed E-state index contributed by atoms with van der Waals surface area (Å²) in [7, 11) is 4.15. The number of rotatable bonds is 7. The van der Waals surface area contributed by atoms with Gasteiger partial charge in [-0.25, -0.2) is 0 Å². The molecule has 2 amide bonds. The fourth-order valence-electron chi connectivity index (χ4n) is 3.44. The van der Waals surface area contributed by atoms with Crippen molar-refractivity contribution >= 4 is 23.2 Å². The summed E-state index contributed by atoms with van der Waals surface area (Å²) in [4.78, 5) is 29.0. The van der Waals surface area contributed by atoms with Crippen LogP contribution in [0.1, 0.15) is 12.0 Å². The summed E-state index contributed by atoms with van der Waals surface area (Å²) >= 11 is 0. The number of likely N-dealkylation sites (tertiary alicyclic amines) is 1. The van der Waals surface area contributed by atoms with E-state index in [4.69, 9.17) is 0 Å². The van der Waals surface area contributed by atoms with Crippen LogP contribution in [0.25, 0.3) is 0 Å². The highest BCUT2D eigenvalue weighted by Gasteiger charge is 2.25. The van der Waals surface area contributed by atoms with E-state index < -0.39 is 0 Å². The Morgan fingerprint density at radius 3 is 2.32 bits per heavy atom. The SMILES string of the molecule is CN(C)C1CCN(CC(=O)Nc2cccc(NC(=O)Cc3ccccc3)c2)C1. The molecule has 1 unspecified atom stereocenters. The molecule has 148 valence electrons. The van der Waals surface area contributed by atoms with Gasteiger partial charge in [-0.3, -0.25) is 14.5 Å². The van der Waals surface area contributed by atoms with Crippen LogP contribution in [0.15, 0.2) is 54.6 Å². The first-order valence-corrected chi connectivity index (χ1v) is 9.62. The number of benzene rings is 2. The van der Waals surface area contributed by atoms with E-state index in [2.05, 4.69) is 34.5 Å². The number of anilines is 2. The molecule has 0 bridgehead atoms. The Labute approximate surface area is 166 Å². The van der Waals surface area contributed by atoms with Crippen LogP contribution in [0.2, 0.25) is 0 Å². The Balaban J connectivity index is 1.50. The summed E-state index contributed by atoms with van der Waals surface area (Å²) in [5.41, 5.74) is 2.32. The highest BCUT2D eigenvalue weighted by molar-refractivity contribution is 5.95.